The summed E-state index contributed by atoms with van der Waals surface area (Å²) in [7, 11) is 0. The minimum absolute atomic E-state index is 0.000952. The Hall–Kier alpha value is -1.88. The van der Waals surface area contributed by atoms with Crippen molar-refractivity contribution < 1.29 is 4.79 Å². The first kappa shape index (κ1) is 17.0. The minimum Gasteiger partial charge on any atom is -0.339 e. The highest BCUT2D eigenvalue weighted by atomic mass is 35.5. The fourth-order valence-electron chi connectivity index (χ4n) is 3.24. The predicted octanol–water partition coefficient (Wildman–Crippen LogP) is 2.91. The van der Waals surface area contributed by atoms with Gasteiger partial charge in [0, 0.05) is 17.0 Å². The molecule has 126 valence electrons. The minimum atomic E-state index is -0.171. The standard InChI is InChI=1S/C19H22ClN3O/c1-12-5-3-6-14(9-12)10-17(24)21-19-18(13(2)22-23-19)15-7-4-8-16(20)11-15/h3-9,11,13,18-19,22-23H,10H2,1-2H3,(H,21,24). The van der Waals surface area contributed by atoms with Crippen LogP contribution in [0.1, 0.15) is 29.5 Å². The molecule has 2 aromatic carbocycles. The van der Waals surface area contributed by atoms with E-state index in [1.807, 2.05) is 55.5 Å². The second-order valence-corrected chi connectivity index (χ2v) is 6.81. The van der Waals surface area contributed by atoms with Gasteiger partial charge in [-0.1, -0.05) is 53.6 Å². The van der Waals surface area contributed by atoms with Gasteiger partial charge in [0.2, 0.25) is 5.91 Å². The van der Waals surface area contributed by atoms with Crippen LogP contribution in [0.5, 0.6) is 0 Å². The normalized spacial score (nSPS) is 23.2. The first-order valence-electron chi connectivity index (χ1n) is 8.14. The van der Waals surface area contributed by atoms with E-state index in [0.717, 1.165) is 16.7 Å². The maximum Gasteiger partial charge on any atom is 0.225 e. The summed E-state index contributed by atoms with van der Waals surface area (Å²) in [5.74, 6) is 0.117. The van der Waals surface area contributed by atoms with Crippen LogP contribution in [-0.4, -0.2) is 18.1 Å². The van der Waals surface area contributed by atoms with Crippen LogP contribution in [0.3, 0.4) is 0 Å². The Labute approximate surface area is 147 Å². The topological polar surface area (TPSA) is 53.2 Å². The van der Waals surface area contributed by atoms with Crippen molar-refractivity contribution in [2.24, 2.45) is 0 Å². The van der Waals surface area contributed by atoms with E-state index in [1.54, 1.807) is 0 Å². The van der Waals surface area contributed by atoms with Crippen LogP contribution in [0.4, 0.5) is 0 Å². The second-order valence-electron chi connectivity index (χ2n) is 6.37. The largest absolute Gasteiger partial charge is 0.339 e. The number of carbonyl (C=O) groups excluding carboxylic acids is 1. The molecular weight excluding hydrogens is 322 g/mol. The average Bonchev–Trinajstić information content (AvgIpc) is 2.87. The first-order valence-corrected chi connectivity index (χ1v) is 8.52. The van der Waals surface area contributed by atoms with Gasteiger partial charge in [0.05, 0.1) is 6.42 Å². The van der Waals surface area contributed by atoms with E-state index in [9.17, 15) is 4.79 Å². The molecule has 0 radical (unpaired) electrons. The molecule has 0 saturated carbocycles. The van der Waals surface area contributed by atoms with Crippen LogP contribution in [0.15, 0.2) is 48.5 Å². The highest BCUT2D eigenvalue weighted by Gasteiger charge is 2.35. The zero-order valence-corrected chi connectivity index (χ0v) is 14.6. The number of amides is 1. The van der Waals surface area contributed by atoms with Crippen LogP contribution >= 0.6 is 11.6 Å². The summed E-state index contributed by atoms with van der Waals surface area (Å²) < 4.78 is 0. The van der Waals surface area contributed by atoms with Crippen LogP contribution in [0.25, 0.3) is 0 Å². The van der Waals surface area contributed by atoms with Gasteiger partial charge in [-0.05, 0) is 37.1 Å². The quantitative estimate of drug-likeness (QED) is 0.800. The van der Waals surface area contributed by atoms with Crippen molar-refractivity contribution in [1.82, 2.24) is 16.2 Å². The van der Waals surface area contributed by atoms with E-state index in [1.165, 1.54) is 0 Å². The summed E-state index contributed by atoms with van der Waals surface area (Å²) in [6.07, 6.45) is 0.201. The number of hydrazine groups is 1. The summed E-state index contributed by atoms with van der Waals surface area (Å²) in [5, 5.41) is 3.79. The molecule has 0 aromatic heterocycles. The van der Waals surface area contributed by atoms with E-state index in [2.05, 4.69) is 23.1 Å². The van der Waals surface area contributed by atoms with Gasteiger partial charge in [-0.25, -0.2) is 5.43 Å². The maximum atomic E-state index is 12.4. The molecule has 4 nitrogen and oxygen atoms in total. The highest BCUT2D eigenvalue weighted by molar-refractivity contribution is 6.30. The number of halogens is 1. The second kappa shape index (κ2) is 7.34. The third-order valence-electron chi connectivity index (χ3n) is 4.36. The molecule has 1 fully saturated rings. The van der Waals surface area contributed by atoms with Gasteiger partial charge in [0.1, 0.15) is 6.17 Å². The smallest absolute Gasteiger partial charge is 0.225 e. The van der Waals surface area contributed by atoms with E-state index >= 15 is 0 Å². The Kier molecular flexibility index (Phi) is 5.19. The Balaban J connectivity index is 1.70. The monoisotopic (exact) mass is 343 g/mol. The number of carbonyl (C=O) groups is 1. The van der Waals surface area contributed by atoms with Gasteiger partial charge in [0.15, 0.2) is 0 Å². The zero-order valence-electron chi connectivity index (χ0n) is 13.8. The van der Waals surface area contributed by atoms with Crippen LogP contribution in [0, 0.1) is 6.92 Å². The number of hydrogen-bond donors (Lipinski definition) is 3. The Bertz CT molecular complexity index is 734. The van der Waals surface area contributed by atoms with Crippen molar-refractivity contribution >= 4 is 17.5 Å². The molecular formula is C19H22ClN3O. The number of hydrogen-bond acceptors (Lipinski definition) is 3. The number of rotatable bonds is 4. The molecule has 1 saturated heterocycles. The lowest BCUT2D eigenvalue weighted by atomic mass is 9.91. The van der Waals surface area contributed by atoms with Gasteiger partial charge < -0.3 is 5.32 Å². The molecule has 3 atom stereocenters. The molecule has 3 unspecified atom stereocenters. The van der Waals surface area contributed by atoms with E-state index in [-0.39, 0.29) is 24.0 Å². The van der Waals surface area contributed by atoms with Gasteiger partial charge >= 0.3 is 0 Å². The molecule has 0 spiro atoms. The summed E-state index contributed by atoms with van der Waals surface area (Å²) in [5.41, 5.74) is 9.67. The summed E-state index contributed by atoms with van der Waals surface area (Å²) >= 11 is 6.12. The third kappa shape index (κ3) is 3.96. The lowest BCUT2D eigenvalue weighted by Gasteiger charge is -2.22. The molecule has 1 amide bonds. The van der Waals surface area contributed by atoms with Crippen molar-refractivity contribution in [3.63, 3.8) is 0 Å². The fraction of sp³-hybridized carbons (Fsp3) is 0.316. The predicted molar refractivity (Wildman–Crippen MR) is 96.7 cm³/mol. The highest BCUT2D eigenvalue weighted by Crippen LogP contribution is 2.27. The van der Waals surface area contributed by atoms with E-state index < -0.39 is 0 Å². The SMILES string of the molecule is Cc1cccc(CC(=O)NC2NNC(C)C2c2cccc(Cl)c2)c1. The van der Waals surface area contributed by atoms with Gasteiger partial charge in [0.25, 0.3) is 0 Å². The summed E-state index contributed by atoms with van der Waals surface area (Å²) in [6, 6.07) is 16.0. The van der Waals surface area contributed by atoms with Crippen LogP contribution in [0.2, 0.25) is 5.02 Å². The Morgan fingerprint density at radius 2 is 1.96 bits per heavy atom. The first-order chi connectivity index (χ1) is 11.5. The fourth-order valence-corrected chi connectivity index (χ4v) is 3.44. The van der Waals surface area contributed by atoms with Gasteiger partial charge in [-0.15, -0.1) is 0 Å². The Morgan fingerprint density at radius 3 is 2.71 bits per heavy atom. The zero-order chi connectivity index (χ0) is 17.1. The van der Waals surface area contributed by atoms with Gasteiger partial charge in [-0.2, -0.15) is 0 Å². The van der Waals surface area contributed by atoms with Crippen LogP contribution in [-0.2, 0) is 11.2 Å². The molecule has 3 rings (SSSR count). The van der Waals surface area contributed by atoms with Crippen molar-refractivity contribution in [2.75, 3.05) is 0 Å². The Morgan fingerprint density at radius 1 is 1.17 bits per heavy atom. The molecule has 1 aliphatic heterocycles. The molecule has 1 heterocycles. The van der Waals surface area contributed by atoms with Crippen molar-refractivity contribution in [3.8, 4) is 0 Å². The van der Waals surface area contributed by atoms with Crippen LogP contribution < -0.4 is 16.2 Å². The molecule has 1 aliphatic rings. The number of aryl methyl sites for hydroxylation is 1. The van der Waals surface area contributed by atoms with Crippen molar-refractivity contribution in [1.29, 1.82) is 0 Å². The average molecular weight is 344 g/mol. The van der Waals surface area contributed by atoms with E-state index in [4.69, 9.17) is 11.6 Å². The third-order valence-corrected chi connectivity index (χ3v) is 4.60. The van der Waals surface area contributed by atoms with Gasteiger partial charge in [-0.3, -0.25) is 10.2 Å². The molecule has 24 heavy (non-hydrogen) atoms. The van der Waals surface area contributed by atoms with E-state index in [0.29, 0.717) is 11.4 Å². The molecule has 2 aromatic rings. The molecule has 5 heteroatoms. The van der Waals surface area contributed by atoms with Crippen molar-refractivity contribution in [2.45, 2.75) is 38.4 Å². The summed E-state index contributed by atoms with van der Waals surface area (Å²) in [4.78, 5) is 12.4. The molecule has 3 N–H and O–H groups in total. The maximum absolute atomic E-state index is 12.4. The number of benzene rings is 2. The van der Waals surface area contributed by atoms with Crippen molar-refractivity contribution in [3.05, 3.63) is 70.2 Å². The number of nitrogens with one attached hydrogen (secondary N) is 3. The lowest BCUT2D eigenvalue weighted by molar-refractivity contribution is -0.121. The molecule has 0 aliphatic carbocycles. The lowest BCUT2D eigenvalue weighted by Crippen LogP contribution is -2.46. The molecule has 0 bridgehead atoms. The summed E-state index contributed by atoms with van der Waals surface area (Å²) in [6.45, 7) is 4.12.